The van der Waals surface area contributed by atoms with E-state index in [0.717, 1.165) is 29.9 Å². The average molecular weight is 211 g/mol. The summed E-state index contributed by atoms with van der Waals surface area (Å²) in [7, 11) is 0. The minimum atomic E-state index is 0.861. The zero-order chi connectivity index (χ0) is 11.0. The van der Waals surface area contributed by atoms with Crippen LogP contribution in [-0.4, -0.2) is 15.0 Å². The summed E-state index contributed by atoms with van der Waals surface area (Å²) in [6, 6.07) is 4.02. The lowest BCUT2D eigenvalue weighted by molar-refractivity contribution is 0.895. The van der Waals surface area contributed by atoms with Crippen molar-refractivity contribution in [3.05, 3.63) is 41.6 Å². The van der Waals surface area contributed by atoms with Crippen molar-refractivity contribution in [1.82, 2.24) is 15.0 Å². The van der Waals surface area contributed by atoms with Gasteiger partial charge in [0.1, 0.15) is 5.82 Å². The van der Waals surface area contributed by atoms with Crippen LogP contribution in [0, 0.1) is 6.92 Å². The molecular formula is C13H13N3. The Balaban J connectivity index is 2.21. The van der Waals surface area contributed by atoms with E-state index < -0.39 is 0 Å². The lowest BCUT2D eigenvalue weighted by Gasteiger charge is -2.07. The Morgan fingerprint density at radius 2 is 2.12 bits per heavy atom. The fourth-order valence-electron chi connectivity index (χ4n) is 2.30. The van der Waals surface area contributed by atoms with Gasteiger partial charge in [0, 0.05) is 29.2 Å². The fraction of sp³-hybridized carbons (Fsp3) is 0.308. The second-order valence-electron chi connectivity index (χ2n) is 4.14. The predicted molar refractivity (Wildman–Crippen MR) is 62.0 cm³/mol. The van der Waals surface area contributed by atoms with Crippen LogP contribution in [0.1, 0.15) is 23.5 Å². The molecule has 1 aliphatic rings. The van der Waals surface area contributed by atoms with Crippen LogP contribution in [-0.2, 0) is 12.8 Å². The van der Waals surface area contributed by atoms with Gasteiger partial charge in [-0.1, -0.05) is 0 Å². The molecule has 0 N–H and O–H groups in total. The zero-order valence-electron chi connectivity index (χ0n) is 9.27. The molecule has 0 saturated carbocycles. The molecule has 0 atom stereocenters. The highest BCUT2D eigenvalue weighted by molar-refractivity contribution is 5.63. The maximum Gasteiger partial charge on any atom is 0.126 e. The van der Waals surface area contributed by atoms with Gasteiger partial charge in [-0.2, -0.15) is 0 Å². The largest absolute Gasteiger partial charge is 0.264 e. The number of pyridine rings is 1. The van der Waals surface area contributed by atoms with Gasteiger partial charge in [-0.15, -0.1) is 0 Å². The third-order valence-corrected chi connectivity index (χ3v) is 2.98. The highest BCUT2D eigenvalue weighted by Gasteiger charge is 2.19. The number of hydrogen-bond donors (Lipinski definition) is 0. The van der Waals surface area contributed by atoms with Crippen LogP contribution in [0.4, 0.5) is 0 Å². The van der Waals surface area contributed by atoms with Gasteiger partial charge in [-0.25, -0.2) is 9.97 Å². The molecule has 0 aromatic carbocycles. The summed E-state index contributed by atoms with van der Waals surface area (Å²) in [5, 5.41) is 0. The molecule has 3 rings (SSSR count). The summed E-state index contributed by atoms with van der Waals surface area (Å²) in [6.07, 6.45) is 7.05. The third-order valence-electron chi connectivity index (χ3n) is 2.98. The molecule has 0 unspecified atom stereocenters. The summed E-state index contributed by atoms with van der Waals surface area (Å²) in [4.78, 5) is 13.2. The first-order chi connectivity index (χ1) is 7.84. The Bertz CT molecular complexity index is 520. The van der Waals surface area contributed by atoms with Crippen LogP contribution in [0.3, 0.4) is 0 Å². The van der Waals surface area contributed by atoms with Crippen molar-refractivity contribution in [3.63, 3.8) is 0 Å². The smallest absolute Gasteiger partial charge is 0.126 e. The maximum absolute atomic E-state index is 4.56. The first-order valence-electron chi connectivity index (χ1n) is 5.61. The fourth-order valence-corrected chi connectivity index (χ4v) is 2.30. The summed E-state index contributed by atoms with van der Waals surface area (Å²) in [6.45, 7) is 1.96. The van der Waals surface area contributed by atoms with Gasteiger partial charge in [-0.3, -0.25) is 4.98 Å². The Morgan fingerprint density at radius 3 is 2.94 bits per heavy atom. The van der Waals surface area contributed by atoms with Gasteiger partial charge in [0.05, 0.1) is 5.69 Å². The van der Waals surface area contributed by atoms with Gasteiger partial charge in [0.25, 0.3) is 0 Å². The normalized spacial score (nSPS) is 13.8. The molecule has 2 aromatic heterocycles. The summed E-state index contributed by atoms with van der Waals surface area (Å²) >= 11 is 0. The number of rotatable bonds is 1. The second-order valence-corrected chi connectivity index (χ2v) is 4.14. The van der Waals surface area contributed by atoms with Gasteiger partial charge in [-0.05, 0) is 38.3 Å². The molecule has 0 radical (unpaired) electrons. The molecular weight excluding hydrogens is 198 g/mol. The maximum atomic E-state index is 4.56. The number of aryl methyl sites for hydroxylation is 2. The molecule has 0 bridgehead atoms. The van der Waals surface area contributed by atoms with E-state index >= 15 is 0 Å². The van der Waals surface area contributed by atoms with Crippen LogP contribution in [0.25, 0.3) is 11.3 Å². The van der Waals surface area contributed by atoms with E-state index in [2.05, 4.69) is 21.0 Å². The van der Waals surface area contributed by atoms with Gasteiger partial charge < -0.3 is 0 Å². The van der Waals surface area contributed by atoms with E-state index in [-0.39, 0.29) is 0 Å². The van der Waals surface area contributed by atoms with E-state index in [9.17, 15) is 0 Å². The van der Waals surface area contributed by atoms with Crippen LogP contribution < -0.4 is 0 Å². The molecule has 3 heteroatoms. The van der Waals surface area contributed by atoms with Crippen LogP contribution in [0.15, 0.2) is 24.5 Å². The molecule has 2 heterocycles. The minimum absolute atomic E-state index is 0.861. The van der Waals surface area contributed by atoms with Crippen molar-refractivity contribution < 1.29 is 0 Å². The number of hydrogen-bond acceptors (Lipinski definition) is 3. The quantitative estimate of drug-likeness (QED) is 0.726. The lowest BCUT2D eigenvalue weighted by Crippen LogP contribution is -1.99. The van der Waals surface area contributed by atoms with Crippen molar-refractivity contribution >= 4 is 0 Å². The SMILES string of the molecule is Cc1nc2c(c(-c3cccnc3)n1)CCC2. The molecule has 0 fully saturated rings. The van der Waals surface area contributed by atoms with Crippen LogP contribution >= 0.6 is 0 Å². The molecule has 2 aromatic rings. The monoisotopic (exact) mass is 211 g/mol. The van der Waals surface area contributed by atoms with Gasteiger partial charge >= 0.3 is 0 Å². The topological polar surface area (TPSA) is 38.7 Å². The first-order valence-corrected chi connectivity index (χ1v) is 5.61. The van der Waals surface area contributed by atoms with Crippen LogP contribution in [0.2, 0.25) is 0 Å². The Morgan fingerprint density at radius 1 is 1.19 bits per heavy atom. The van der Waals surface area contributed by atoms with Crippen molar-refractivity contribution in [1.29, 1.82) is 0 Å². The van der Waals surface area contributed by atoms with Crippen molar-refractivity contribution in [2.75, 3.05) is 0 Å². The molecule has 1 aliphatic carbocycles. The number of aromatic nitrogens is 3. The standard InChI is InChI=1S/C13H13N3/c1-9-15-12-6-2-5-11(12)13(16-9)10-4-3-7-14-8-10/h3-4,7-8H,2,5-6H2,1H3. The average Bonchev–Trinajstić information content (AvgIpc) is 2.77. The van der Waals surface area contributed by atoms with Crippen molar-refractivity contribution in [2.24, 2.45) is 0 Å². The minimum Gasteiger partial charge on any atom is -0.264 e. The van der Waals surface area contributed by atoms with E-state index in [0.29, 0.717) is 0 Å². The highest BCUT2D eigenvalue weighted by atomic mass is 14.9. The zero-order valence-corrected chi connectivity index (χ0v) is 9.27. The Kier molecular flexibility index (Phi) is 2.17. The van der Waals surface area contributed by atoms with E-state index in [1.165, 1.54) is 17.7 Å². The van der Waals surface area contributed by atoms with Gasteiger partial charge in [0.15, 0.2) is 0 Å². The summed E-state index contributed by atoms with van der Waals surface area (Å²) < 4.78 is 0. The summed E-state index contributed by atoms with van der Waals surface area (Å²) in [5.41, 5.74) is 4.73. The Labute approximate surface area is 94.6 Å². The lowest BCUT2D eigenvalue weighted by atomic mass is 10.1. The van der Waals surface area contributed by atoms with Crippen LogP contribution in [0.5, 0.6) is 0 Å². The predicted octanol–water partition coefficient (Wildman–Crippen LogP) is 2.34. The highest BCUT2D eigenvalue weighted by Crippen LogP contribution is 2.29. The summed E-state index contributed by atoms with van der Waals surface area (Å²) in [5.74, 6) is 0.861. The Hall–Kier alpha value is -1.77. The molecule has 16 heavy (non-hydrogen) atoms. The van der Waals surface area contributed by atoms with E-state index in [4.69, 9.17) is 0 Å². The van der Waals surface area contributed by atoms with E-state index in [1.54, 1.807) is 6.20 Å². The molecule has 80 valence electrons. The molecule has 3 nitrogen and oxygen atoms in total. The number of nitrogens with zero attached hydrogens (tertiary/aromatic N) is 3. The molecule has 0 amide bonds. The van der Waals surface area contributed by atoms with Gasteiger partial charge in [0.2, 0.25) is 0 Å². The molecule has 0 spiro atoms. The first kappa shape index (κ1) is 9.46. The van der Waals surface area contributed by atoms with Crippen molar-refractivity contribution in [3.8, 4) is 11.3 Å². The van der Waals surface area contributed by atoms with Crippen molar-refractivity contribution in [2.45, 2.75) is 26.2 Å². The molecule has 0 saturated heterocycles. The number of fused-ring (bicyclic) bond motifs is 1. The molecule has 0 aliphatic heterocycles. The van der Waals surface area contributed by atoms with E-state index in [1.807, 2.05) is 19.2 Å². The second kappa shape index (κ2) is 3.67. The third kappa shape index (κ3) is 1.48.